The maximum atomic E-state index is 11.7. The van der Waals surface area contributed by atoms with Gasteiger partial charge in [-0.3, -0.25) is 4.79 Å². The van der Waals surface area contributed by atoms with Crippen LogP contribution < -0.4 is 5.32 Å². The summed E-state index contributed by atoms with van der Waals surface area (Å²) >= 11 is 12.0. The fourth-order valence-electron chi connectivity index (χ4n) is 2.23. The summed E-state index contributed by atoms with van der Waals surface area (Å²) in [4.78, 5) is 11.7. The van der Waals surface area contributed by atoms with E-state index in [1.54, 1.807) is 18.2 Å². The molecule has 1 aromatic rings. The van der Waals surface area contributed by atoms with E-state index in [4.69, 9.17) is 27.9 Å². The van der Waals surface area contributed by atoms with Crippen molar-refractivity contribution in [3.05, 3.63) is 33.8 Å². The highest BCUT2D eigenvalue weighted by molar-refractivity contribution is 6.36. The molecule has 110 valence electrons. The Labute approximate surface area is 128 Å². The van der Waals surface area contributed by atoms with Crippen molar-refractivity contribution in [1.29, 1.82) is 0 Å². The third kappa shape index (κ3) is 4.09. The SMILES string of the molecule is O=C(C[C@@H]1CCCO1)NC[C@@H](O)c1c(Cl)cccc1Cl. The lowest BCUT2D eigenvalue weighted by Gasteiger charge is -2.16. The average molecular weight is 318 g/mol. The predicted octanol–water partition coefficient (Wildman–Crippen LogP) is 2.71. The summed E-state index contributed by atoms with van der Waals surface area (Å²) in [5, 5.41) is 13.5. The minimum Gasteiger partial charge on any atom is -0.386 e. The Kier molecular flexibility index (Phi) is 5.66. The summed E-state index contributed by atoms with van der Waals surface area (Å²) < 4.78 is 5.39. The Morgan fingerprint density at radius 1 is 1.45 bits per heavy atom. The number of benzene rings is 1. The van der Waals surface area contributed by atoms with Gasteiger partial charge in [-0.1, -0.05) is 29.3 Å². The molecule has 2 atom stereocenters. The zero-order chi connectivity index (χ0) is 14.5. The number of aliphatic hydroxyl groups is 1. The topological polar surface area (TPSA) is 58.6 Å². The quantitative estimate of drug-likeness (QED) is 0.877. The molecule has 1 fully saturated rings. The average Bonchev–Trinajstić information content (AvgIpc) is 2.89. The summed E-state index contributed by atoms with van der Waals surface area (Å²) in [6, 6.07) is 5.01. The molecule has 4 nitrogen and oxygen atoms in total. The van der Waals surface area contributed by atoms with Crippen LogP contribution >= 0.6 is 23.2 Å². The van der Waals surface area contributed by atoms with Crippen LogP contribution in [-0.2, 0) is 9.53 Å². The van der Waals surface area contributed by atoms with Crippen LogP contribution in [-0.4, -0.2) is 30.3 Å². The van der Waals surface area contributed by atoms with E-state index in [0.717, 1.165) is 19.4 Å². The molecule has 0 unspecified atom stereocenters. The van der Waals surface area contributed by atoms with E-state index in [2.05, 4.69) is 5.32 Å². The lowest BCUT2D eigenvalue weighted by Crippen LogP contribution is -2.31. The first-order valence-electron chi connectivity index (χ1n) is 6.58. The lowest BCUT2D eigenvalue weighted by atomic mass is 10.1. The summed E-state index contributed by atoms with van der Waals surface area (Å²) in [6.07, 6.45) is 1.30. The van der Waals surface area contributed by atoms with E-state index < -0.39 is 6.10 Å². The molecule has 0 saturated carbocycles. The maximum absolute atomic E-state index is 11.7. The molecule has 0 radical (unpaired) electrons. The number of amides is 1. The van der Waals surface area contributed by atoms with E-state index >= 15 is 0 Å². The van der Waals surface area contributed by atoms with E-state index in [-0.39, 0.29) is 18.6 Å². The molecule has 1 aliphatic heterocycles. The zero-order valence-electron chi connectivity index (χ0n) is 10.9. The molecule has 2 rings (SSSR count). The van der Waals surface area contributed by atoms with Crippen molar-refractivity contribution in [2.24, 2.45) is 0 Å². The van der Waals surface area contributed by atoms with Gasteiger partial charge < -0.3 is 15.2 Å². The van der Waals surface area contributed by atoms with Crippen molar-refractivity contribution < 1.29 is 14.6 Å². The highest BCUT2D eigenvalue weighted by Crippen LogP contribution is 2.29. The Bertz CT molecular complexity index is 455. The Morgan fingerprint density at radius 3 is 2.75 bits per heavy atom. The highest BCUT2D eigenvalue weighted by atomic mass is 35.5. The zero-order valence-corrected chi connectivity index (χ0v) is 12.5. The lowest BCUT2D eigenvalue weighted by molar-refractivity contribution is -0.123. The number of halogens is 2. The second-order valence-electron chi connectivity index (χ2n) is 4.79. The molecular weight excluding hydrogens is 301 g/mol. The molecule has 1 aliphatic rings. The van der Waals surface area contributed by atoms with Gasteiger partial charge in [0.15, 0.2) is 0 Å². The molecule has 0 spiro atoms. The molecular formula is C14H17Cl2NO3. The molecule has 0 aliphatic carbocycles. The second-order valence-corrected chi connectivity index (χ2v) is 5.61. The van der Waals surface area contributed by atoms with Gasteiger partial charge in [-0.05, 0) is 25.0 Å². The van der Waals surface area contributed by atoms with Gasteiger partial charge >= 0.3 is 0 Å². The van der Waals surface area contributed by atoms with E-state index in [1.165, 1.54) is 0 Å². The summed E-state index contributed by atoms with van der Waals surface area (Å²) in [5.41, 5.74) is 0.438. The highest BCUT2D eigenvalue weighted by Gasteiger charge is 2.20. The number of aliphatic hydroxyl groups excluding tert-OH is 1. The Balaban J connectivity index is 1.85. The third-order valence-corrected chi connectivity index (χ3v) is 3.92. The summed E-state index contributed by atoms with van der Waals surface area (Å²) in [5.74, 6) is -0.140. The van der Waals surface area contributed by atoms with Crippen molar-refractivity contribution in [2.45, 2.75) is 31.5 Å². The number of ether oxygens (including phenoxy) is 1. The first kappa shape index (κ1) is 15.6. The van der Waals surface area contributed by atoms with Crippen LogP contribution in [0.25, 0.3) is 0 Å². The van der Waals surface area contributed by atoms with Crippen LogP contribution in [0.5, 0.6) is 0 Å². The maximum Gasteiger partial charge on any atom is 0.222 e. The first-order valence-corrected chi connectivity index (χ1v) is 7.34. The number of hydrogen-bond donors (Lipinski definition) is 2. The molecule has 0 aromatic heterocycles. The molecule has 2 N–H and O–H groups in total. The van der Waals surface area contributed by atoms with Crippen LogP contribution in [0, 0.1) is 0 Å². The molecule has 0 bridgehead atoms. The van der Waals surface area contributed by atoms with Crippen LogP contribution in [0.1, 0.15) is 30.9 Å². The van der Waals surface area contributed by atoms with Crippen molar-refractivity contribution in [2.75, 3.05) is 13.2 Å². The number of carbonyl (C=O) groups is 1. The first-order chi connectivity index (χ1) is 9.58. The van der Waals surface area contributed by atoms with Gasteiger partial charge in [0.25, 0.3) is 0 Å². The molecule has 6 heteroatoms. The number of nitrogens with one attached hydrogen (secondary N) is 1. The van der Waals surface area contributed by atoms with Gasteiger partial charge in [-0.2, -0.15) is 0 Å². The van der Waals surface area contributed by atoms with Crippen LogP contribution in [0.3, 0.4) is 0 Å². The van der Waals surface area contributed by atoms with Gasteiger partial charge in [-0.15, -0.1) is 0 Å². The van der Waals surface area contributed by atoms with E-state index in [1.807, 2.05) is 0 Å². The molecule has 1 amide bonds. The Hall–Kier alpha value is -0.810. The minimum absolute atomic E-state index is 0.00366. The van der Waals surface area contributed by atoms with Gasteiger partial charge in [0, 0.05) is 28.8 Å². The molecule has 1 saturated heterocycles. The van der Waals surface area contributed by atoms with Gasteiger partial charge in [0.05, 0.1) is 18.6 Å². The van der Waals surface area contributed by atoms with Gasteiger partial charge in [-0.25, -0.2) is 0 Å². The third-order valence-electron chi connectivity index (χ3n) is 3.26. The number of rotatable bonds is 5. The minimum atomic E-state index is -0.926. The normalized spacial score (nSPS) is 19.9. The summed E-state index contributed by atoms with van der Waals surface area (Å²) in [7, 11) is 0. The van der Waals surface area contributed by atoms with E-state index in [0.29, 0.717) is 22.0 Å². The predicted molar refractivity (Wildman–Crippen MR) is 78.0 cm³/mol. The smallest absolute Gasteiger partial charge is 0.222 e. The second kappa shape index (κ2) is 7.27. The fraction of sp³-hybridized carbons (Fsp3) is 0.500. The van der Waals surface area contributed by atoms with Crippen LogP contribution in [0.15, 0.2) is 18.2 Å². The van der Waals surface area contributed by atoms with E-state index in [9.17, 15) is 9.90 Å². The monoisotopic (exact) mass is 317 g/mol. The molecule has 1 aromatic carbocycles. The summed E-state index contributed by atoms with van der Waals surface area (Å²) in [6.45, 7) is 0.796. The van der Waals surface area contributed by atoms with Crippen molar-refractivity contribution >= 4 is 29.1 Å². The largest absolute Gasteiger partial charge is 0.386 e. The van der Waals surface area contributed by atoms with Crippen LogP contribution in [0.2, 0.25) is 10.0 Å². The van der Waals surface area contributed by atoms with Crippen LogP contribution in [0.4, 0.5) is 0 Å². The number of hydrogen-bond acceptors (Lipinski definition) is 3. The number of carbonyl (C=O) groups excluding carboxylic acids is 1. The molecule has 20 heavy (non-hydrogen) atoms. The van der Waals surface area contributed by atoms with Crippen molar-refractivity contribution in [3.8, 4) is 0 Å². The van der Waals surface area contributed by atoms with Crippen molar-refractivity contribution in [1.82, 2.24) is 5.32 Å². The standard InChI is InChI=1S/C14H17Cl2NO3/c15-10-4-1-5-11(16)14(10)12(18)8-17-13(19)7-9-3-2-6-20-9/h1,4-5,9,12,18H,2-3,6-8H2,(H,17,19)/t9-,12+/m0/s1. The Morgan fingerprint density at radius 2 is 2.15 bits per heavy atom. The molecule has 1 heterocycles. The van der Waals surface area contributed by atoms with Gasteiger partial charge in [0.2, 0.25) is 5.91 Å². The van der Waals surface area contributed by atoms with Crippen molar-refractivity contribution in [3.63, 3.8) is 0 Å². The van der Waals surface area contributed by atoms with Gasteiger partial charge in [0.1, 0.15) is 0 Å². The fourth-order valence-corrected chi connectivity index (χ4v) is 2.88.